The largest absolute Gasteiger partial charge is 0.462 e. The van der Waals surface area contributed by atoms with E-state index in [-0.39, 0.29) is 36.5 Å². The highest BCUT2D eigenvalue weighted by molar-refractivity contribution is 5.89. The molecule has 0 aliphatic carbocycles. The summed E-state index contributed by atoms with van der Waals surface area (Å²) in [6, 6.07) is 0.365. The van der Waals surface area contributed by atoms with Crippen LogP contribution in [0, 0.1) is 16.7 Å². The van der Waals surface area contributed by atoms with E-state index in [0.29, 0.717) is 18.4 Å². The Kier molecular flexibility index (Phi) is 56.7. The lowest BCUT2D eigenvalue weighted by atomic mass is 9.83. The number of esters is 1. The van der Waals surface area contributed by atoms with Gasteiger partial charge < -0.3 is 9.47 Å². The second-order valence-electron chi connectivity index (χ2n) is 21.4. The molecule has 2 atom stereocenters. The van der Waals surface area contributed by atoms with Crippen LogP contribution in [0.4, 0.5) is 0 Å². The first-order chi connectivity index (χ1) is 33.3. The first-order valence-electron chi connectivity index (χ1n) is 29.6. The maximum atomic E-state index is 13.3. The van der Waals surface area contributed by atoms with Crippen LogP contribution >= 0.6 is 0 Å². The summed E-state index contributed by atoms with van der Waals surface area (Å²) in [5.74, 6) is 0.880. The van der Waals surface area contributed by atoms with E-state index in [2.05, 4.69) is 86.1 Å². The zero-order chi connectivity index (χ0) is 52.4. The number of hydrogen-bond acceptors (Lipinski definition) is 6. The molecule has 1 aliphatic rings. The van der Waals surface area contributed by atoms with Crippen molar-refractivity contribution in [2.45, 2.75) is 314 Å². The third-order valence-corrected chi connectivity index (χ3v) is 14.1. The molecule has 1 aliphatic heterocycles. The molecule has 1 rings (SSSR count). The Morgan fingerprint density at radius 2 is 1.09 bits per heavy atom. The van der Waals surface area contributed by atoms with Crippen LogP contribution in [0.5, 0.6) is 0 Å². The van der Waals surface area contributed by atoms with Crippen molar-refractivity contribution in [2.75, 3.05) is 26.3 Å². The van der Waals surface area contributed by atoms with Gasteiger partial charge in [0.1, 0.15) is 11.9 Å². The van der Waals surface area contributed by atoms with Gasteiger partial charge in [0.25, 0.3) is 0 Å². The van der Waals surface area contributed by atoms with Crippen LogP contribution in [-0.4, -0.2) is 60.9 Å². The normalized spacial score (nSPS) is 14.7. The van der Waals surface area contributed by atoms with E-state index in [4.69, 9.17) is 9.47 Å². The van der Waals surface area contributed by atoms with Crippen molar-refractivity contribution in [2.24, 2.45) is 16.7 Å². The fourth-order valence-corrected chi connectivity index (χ4v) is 8.92. The highest BCUT2D eigenvalue weighted by Gasteiger charge is 2.32. The third-order valence-electron chi connectivity index (χ3n) is 14.1. The molecule has 0 amide bonds. The topological polar surface area (TPSA) is 72.9 Å². The van der Waals surface area contributed by atoms with Crippen molar-refractivity contribution in [1.29, 1.82) is 0 Å². The van der Waals surface area contributed by atoms with Crippen molar-refractivity contribution in [3.8, 4) is 0 Å². The summed E-state index contributed by atoms with van der Waals surface area (Å²) in [4.78, 5) is 40.1. The highest BCUT2D eigenvalue weighted by atomic mass is 16.5. The van der Waals surface area contributed by atoms with E-state index in [1.807, 2.05) is 26.0 Å². The molecule has 1 saturated heterocycles. The molecule has 1 heterocycles. The number of ketones is 2. The van der Waals surface area contributed by atoms with Crippen molar-refractivity contribution >= 4 is 17.5 Å². The molecule has 0 bridgehead atoms. The second-order valence-corrected chi connectivity index (χ2v) is 21.4. The van der Waals surface area contributed by atoms with Crippen LogP contribution < -0.4 is 0 Å². The number of allylic oxidation sites excluding steroid dienone is 2. The molecule has 0 radical (unpaired) electrons. The summed E-state index contributed by atoms with van der Waals surface area (Å²) in [5.41, 5.74) is -0.696. The van der Waals surface area contributed by atoms with Gasteiger partial charge >= 0.3 is 5.97 Å². The molecular formula is C64H125NO5. The van der Waals surface area contributed by atoms with Crippen LogP contribution in [0.15, 0.2) is 38.0 Å². The number of nitrogens with zero attached hydrogens (tertiary/aromatic N) is 1. The highest BCUT2D eigenvalue weighted by Crippen LogP contribution is 2.30. The van der Waals surface area contributed by atoms with Gasteiger partial charge in [0.2, 0.25) is 0 Å². The molecule has 0 spiro atoms. The lowest BCUT2D eigenvalue weighted by molar-refractivity contribution is -0.161. The predicted molar refractivity (Wildman–Crippen MR) is 311 cm³/mol. The zero-order valence-corrected chi connectivity index (χ0v) is 48.4. The number of Topliss-reactive ketones (excluding diaryl/α,β-unsaturated/α-hetero) is 1. The third kappa shape index (κ3) is 44.6. The Labute approximate surface area is 439 Å². The van der Waals surface area contributed by atoms with Crippen molar-refractivity contribution in [1.82, 2.24) is 4.90 Å². The Bertz CT molecular complexity index is 1180. The van der Waals surface area contributed by atoms with Crippen LogP contribution in [-0.2, 0) is 23.9 Å². The summed E-state index contributed by atoms with van der Waals surface area (Å²) in [6.07, 6.45) is 46.4. The van der Waals surface area contributed by atoms with Crippen molar-refractivity contribution in [3.05, 3.63) is 38.0 Å². The van der Waals surface area contributed by atoms with Gasteiger partial charge in [0.05, 0.1) is 12.0 Å². The van der Waals surface area contributed by atoms with Gasteiger partial charge in [0.15, 0.2) is 5.78 Å². The fraction of sp³-hybridized carbons (Fsp3) is 0.859. The Hall–Kier alpha value is -2.05. The SMILES string of the molecule is C.C=C.C=CCCCCCCCCCCC.CC.CCCCCCCC(CCCCCCC)OC(=O)C(C)(C)CCCCCCOC[C@@H]1C[C@H](/C=C\C(=O)CCCC)CN1CCCCC(C)(C)C(C)=O. The van der Waals surface area contributed by atoms with Gasteiger partial charge in [0, 0.05) is 31.0 Å². The number of likely N-dealkylation sites (tertiary alicyclic amines) is 1. The van der Waals surface area contributed by atoms with Gasteiger partial charge in [-0.2, -0.15) is 0 Å². The minimum absolute atomic E-state index is 0. The molecule has 6 nitrogen and oxygen atoms in total. The summed E-state index contributed by atoms with van der Waals surface area (Å²) in [6.45, 7) is 36.0. The average Bonchev–Trinajstić information content (AvgIpc) is 3.74. The molecule has 0 aromatic heterocycles. The average molecular weight is 989 g/mol. The number of hydrogen-bond donors (Lipinski definition) is 0. The monoisotopic (exact) mass is 988 g/mol. The number of carbonyl (C=O) groups is 3. The number of rotatable bonds is 44. The Morgan fingerprint density at radius 3 is 1.60 bits per heavy atom. The Morgan fingerprint density at radius 1 is 0.629 bits per heavy atom. The minimum atomic E-state index is -0.446. The van der Waals surface area contributed by atoms with Crippen LogP contribution in [0.3, 0.4) is 0 Å². The number of carbonyl (C=O) groups excluding carboxylic acids is 3. The van der Waals surface area contributed by atoms with E-state index in [1.54, 1.807) is 6.92 Å². The quantitative estimate of drug-likeness (QED) is 0.0262. The second kappa shape index (κ2) is 53.2. The molecule has 0 unspecified atom stereocenters. The summed E-state index contributed by atoms with van der Waals surface area (Å²) >= 11 is 0. The lowest BCUT2D eigenvalue weighted by Gasteiger charge is -2.27. The predicted octanol–water partition coefficient (Wildman–Crippen LogP) is 20.0. The van der Waals surface area contributed by atoms with E-state index in [0.717, 1.165) is 123 Å². The maximum Gasteiger partial charge on any atom is 0.311 e. The molecule has 70 heavy (non-hydrogen) atoms. The van der Waals surface area contributed by atoms with Crippen LogP contribution in [0.25, 0.3) is 0 Å². The van der Waals surface area contributed by atoms with Gasteiger partial charge in [-0.05, 0) is 116 Å². The Balaban J connectivity index is -0.00000103. The van der Waals surface area contributed by atoms with E-state index < -0.39 is 5.41 Å². The fourth-order valence-electron chi connectivity index (χ4n) is 8.92. The molecule has 416 valence electrons. The maximum absolute atomic E-state index is 13.3. The first kappa shape index (κ1) is 74.5. The molecule has 0 N–H and O–H groups in total. The minimum Gasteiger partial charge on any atom is -0.462 e. The molecule has 0 saturated carbocycles. The van der Waals surface area contributed by atoms with E-state index >= 15 is 0 Å². The summed E-state index contributed by atoms with van der Waals surface area (Å²) in [5, 5.41) is 0. The van der Waals surface area contributed by atoms with Crippen molar-refractivity contribution < 1.29 is 23.9 Å². The number of unbranched alkanes of at least 4 members (excludes halogenated alkanes) is 22. The number of ether oxygens (including phenoxy) is 2. The lowest BCUT2D eigenvalue weighted by Crippen LogP contribution is -2.34. The first-order valence-corrected chi connectivity index (χ1v) is 29.6. The smallest absolute Gasteiger partial charge is 0.311 e. The molecule has 0 aromatic rings. The van der Waals surface area contributed by atoms with Gasteiger partial charge in [-0.25, -0.2) is 0 Å². The van der Waals surface area contributed by atoms with Crippen LogP contribution in [0.2, 0.25) is 0 Å². The molecule has 0 aromatic carbocycles. The van der Waals surface area contributed by atoms with Crippen molar-refractivity contribution in [3.63, 3.8) is 0 Å². The van der Waals surface area contributed by atoms with E-state index in [9.17, 15) is 14.4 Å². The zero-order valence-electron chi connectivity index (χ0n) is 48.4. The molecule has 6 heteroatoms. The summed E-state index contributed by atoms with van der Waals surface area (Å²) < 4.78 is 12.5. The van der Waals surface area contributed by atoms with E-state index in [1.165, 1.54) is 116 Å². The standard InChI is InChI=1S/C46H85NO5.C13H26.C2H6.C2H4.CH4/c1-9-12-15-17-21-28-43(29-22-18-16-13-10-2)52-44(50)46(7,8)33-23-19-20-26-35-51-38-41-36-40(30-31-42(49)27-14-11-3)37-47(41)34-25-24-32-45(5,6)39(4)48;1-3-5-7-9-11-13-12-10-8-6-4-2;2*1-2;/h30-31,40-41,43H,9-29,32-38H2,1-8H3;3H,1,4-13H2,2H3;1-2H3;1-2H2;1H4/b31-30-;;;;/t40-,41-;;;;/m0..../s1. The van der Waals surface area contributed by atoms with Gasteiger partial charge in [-0.3, -0.25) is 19.3 Å². The molecular weight excluding hydrogens is 863 g/mol. The van der Waals surface area contributed by atoms with Crippen LogP contribution in [0.1, 0.15) is 302 Å². The molecule has 1 fully saturated rings. The van der Waals surface area contributed by atoms with Gasteiger partial charge in [-0.15, -0.1) is 19.7 Å². The van der Waals surface area contributed by atoms with Gasteiger partial charge in [-0.1, -0.05) is 210 Å². The summed E-state index contributed by atoms with van der Waals surface area (Å²) in [7, 11) is 0.